The second-order valence-electron chi connectivity index (χ2n) is 3.42. The molecule has 0 amide bonds. The van der Waals surface area contributed by atoms with Crippen LogP contribution in [0.2, 0.25) is 0 Å². The molecule has 88 valence electrons. The van der Waals surface area contributed by atoms with Crippen LogP contribution in [0.1, 0.15) is 0 Å². The molecule has 0 aliphatic heterocycles. The van der Waals surface area contributed by atoms with E-state index in [1.807, 2.05) is 0 Å². The average Bonchev–Trinajstić information content (AvgIpc) is 2.29. The van der Waals surface area contributed by atoms with Crippen molar-refractivity contribution in [3.05, 3.63) is 54.6 Å². The Hall–Kier alpha value is -1.85. The molecule has 0 aliphatic carbocycles. The lowest BCUT2D eigenvalue weighted by molar-refractivity contribution is 0.475. The molecule has 0 radical (unpaired) electrons. The number of nitrogens with zero attached hydrogens (tertiary/aromatic N) is 1. The molecule has 2 rings (SSSR count). The summed E-state index contributed by atoms with van der Waals surface area (Å²) >= 11 is 0. The Morgan fingerprint density at radius 2 is 1.71 bits per heavy atom. The van der Waals surface area contributed by atoms with E-state index in [1.165, 1.54) is 24.3 Å². The van der Waals surface area contributed by atoms with Crippen LogP contribution in [0.25, 0.3) is 0 Å². The Morgan fingerprint density at radius 1 is 1.00 bits per heavy atom. The number of hydrogen-bond donors (Lipinski definition) is 2. The van der Waals surface area contributed by atoms with Gasteiger partial charge < -0.3 is 5.11 Å². The first kappa shape index (κ1) is 11.6. The maximum absolute atomic E-state index is 12.0. The lowest BCUT2D eigenvalue weighted by Gasteiger charge is -2.02. The third-order valence-corrected chi connectivity index (χ3v) is 3.45. The SMILES string of the molecule is O=S(O)(=Nc1cccc(O)c1)c1ccccc1. The van der Waals surface area contributed by atoms with Crippen molar-refractivity contribution in [3.8, 4) is 5.75 Å². The minimum absolute atomic E-state index is 0.00881. The molecular weight excluding hydrogens is 238 g/mol. The summed E-state index contributed by atoms with van der Waals surface area (Å²) in [6.45, 7) is 0. The van der Waals surface area contributed by atoms with E-state index in [-0.39, 0.29) is 16.3 Å². The number of phenolic OH excluding ortho intramolecular Hbond substituents is 1. The predicted octanol–water partition coefficient (Wildman–Crippen LogP) is 3.02. The zero-order valence-corrected chi connectivity index (χ0v) is 9.67. The van der Waals surface area contributed by atoms with Crippen molar-refractivity contribution in [3.63, 3.8) is 0 Å². The van der Waals surface area contributed by atoms with Gasteiger partial charge in [-0.3, -0.25) is 4.55 Å². The van der Waals surface area contributed by atoms with Gasteiger partial charge in [0.05, 0.1) is 10.6 Å². The third-order valence-electron chi connectivity index (χ3n) is 2.11. The fourth-order valence-corrected chi connectivity index (χ4v) is 2.36. The van der Waals surface area contributed by atoms with Crippen LogP contribution in [-0.2, 0) is 10.0 Å². The van der Waals surface area contributed by atoms with Gasteiger partial charge in [-0.25, -0.2) is 4.21 Å². The van der Waals surface area contributed by atoms with E-state index in [0.717, 1.165) is 0 Å². The maximum Gasteiger partial charge on any atom is 0.195 e. The number of aromatic hydroxyl groups is 1. The van der Waals surface area contributed by atoms with Crippen LogP contribution in [0.5, 0.6) is 5.75 Å². The number of phenols is 1. The summed E-state index contributed by atoms with van der Waals surface area (Å²) in [5.41, 5.74) is 0.265. The van der Waals surface area contributed by atoms with Crippen molar-refractivity contribution in [1.82, 2.24) is 0 Å². The van der Waals surface area contributed by atoms with Crippen LogP contribution in [-0.4, -0.2) is 13.9 Å². The number of rotatable bonds is 2. The summed E-state index contributed by atoms with van der Waals surface area (Å²) in [7, 11) is -3.47. The summed E-state index contributed by atoms with van der Waals surface area (Å²) in [5.74, 6) is 0.00881. The molecule has 4 nitrogen and oxygen atoms in total. The van der Waals surface area contributed by atoms with Crippen molar-refractivity contribution >= 4 is 15.7 Å². The van der Waals surface area contributed by atoms with Crippen LogP contribution in [0, 0.1) is 0 Å². The fraction of sp³-hybridized carbons (Fsp3) is 0. The highest BCUT2D eigenvalue weighted by molar-refractivity contribution is 7.88. The lowest BCUT2D eigenvalue weighted by atomic mass is 10.3. The first-order chi connectivity index (χ1) is 8.08. The standard InChI is InChI=1S/C12H11NO3S/c14-11-6-4-5-10(9-11)13-17(15,16)12-7-2-1-3-8-12/h1-9,14H,(H,13,15,16). The Balaban J connectivity index is 2.49. The molecular formula is C12H11NO3S. The van der Waals surface area contributed by atoms with Crippen molar-refractivity contribution in [2.45, 2.75) is 4.90 Å². The highest BCUT2D eigenvalue weighted by Gasteiger charge is 2.07. The van der Waals surface area contributed by atoms with Gasteiger partial charge >= 0.3 is 0 Å². The lowest BCUT2D eigenvalue weighted by Crippen LogP contribution is -1.96. The van der Waals surface area contributed by atoms with E-state index >= 15 is 0 Å². The monoisotopic (exact) mass is 249 g/mol. The predicted molar refractivity (Wildman–Crippen MR) is 65.7 cm³/mol. The summed E-state index contributed by atoms with van der Waals surface area (Å²) in [6.07, 6.45) is 0. The zero-order valence-electron chi connectivity index (χ0n) is 8.85. The van der Waals surface area contributed by atoms with E-state index < -0.39 is 10.0 Å². The molecule has 1 atom stereocenters. The van der Waals surface area contributed by atoms with Gasteiger partial charge in [0, 0.05) is 6.07 Å². The van der Waals surface area contributed by atoms with Gasteiger partial charge in [-0.05, 0) is 24.3 Å². The van der Waals surface area contributed by atoms with E-state index in [2.05, 4.69) is 4.36 Å². The Labute approximate surface area is 99.6 Å². The summed E-state index contributed by atoms with van der Waals surface area (Å²) in [5, 5.41) is 9.25. The topological polar surface area (TPSA) is 69.9 Å². The van der Waals surface area contributed by atoms with Crippen molar-refractivity contribution < 1.29 is 13.9 Å². The van der Waals surface area contributed by atoms with Gasteiger partial charge in [0.25, 0.3) is 0 Å². The van der Waals surface area contributed by atoms with E-state index in [9.17, 15) is 13.9 Å². The van der Waals surface area contributed by atoms with Gasteiger partial charge in [0.2, 0.25) is 0 Å². The van der Waals surface area contributed by atoms with Gasteiger partial charge in [-0.15, -0.1) is 0 Å². The van der Waals surface area contributed by atoms with Gasteiger partial charge in [-0.1, -0.05) is 24.3 Å². The summed E-state index contributed by atoms with van der Waals surface area (Å²) in [4.78, 5) is 0.239. The molecule has 0 fully saturated rings. The fourth-order valence-electron chi connectivity index (χ4n) is 1.34. The maximum atomic E-state index is 12.0. The third kappa shape index (κ3) is 2.83. The molecule has 2 N–H and O–H groups in total. The Morgan fingerprint density at radius 3 is 2.35 bits per heavy atom. The minimum Gasteiger partial charge on any atom is -0.508 e. The molecule has 0 saturated heterocycles. The second-order valence-corrected chi connectivity index (χ2v) is 5.07. The summed E-state index contributed by atoms with van der Waals surface area (Å²) in [6, 6.07) is 14.1. The van der Waals surface area contributed by atoms with Crippen LogP contribution >= 0.6 is 0 Å². The normalized spacial score (nSPS) is 13.9. The molecule has 0 heterocycles. The molecule has 1 unspecified atom stereocenters. The van der Waals surface area contributed by atoms with Gasteiger partial charge in [0.15, 0.2) is 10.0 Å². The molecule has 5 heteroatoms. The highest BCUT2D eigenvalue weighted by atomic mass is 32.2. The summed E-state index contributed by atoms with van der Waals surface area (Å²) < 4.78 is 25.5. The van der Waals surface area contributed by atoms with Crippen molar-refractivity contribution in [1.29, 1.82) is 0 Å². The van der Waals surface area contributed by atoms with Gasteiger partial charge in [-0.2, -0.15) is 4.36 Å². The molecule has 0 aliphatic rings. The first-order valence-electron chi connectivity index (χ1n) is 4.92. The number of benzene rings is 2. The van der Waals surface area contributed by atoms with Crippen molar-refractivity contribution in [2.24, 2.45) is 4.36 Å². The van der Waals surface area contributed by atoms with Crippen LogP contribution in [0.15, 0.2) is 63.9 Å². The quantitative estimate of drug-likeness (QED) is 0.859. The van der Waals surface area contributed by atoms with Crippen LogP contribution in [0.3, 0.4) is 0 Å². The number of hydrogen-bond acceptors (Lipinski definition) is 3. The Kier molecular flexibility index (Phi) is 3.12. The molecule has 0 spiro atoms. The highest BCUT2D eigenvalue weighted by Crippen LogP contribution is 2.22. The molecule has 2 aromatic rings. The molecule has 2 aromatic carbocycles. The molecule has 17 heavy (non-hydrogen) atoms. The van der Waals surface area contributed by atoms with E-state index in [0.29, 0.717) is 0 Å². The molecule has 0 bridgehead atoms. The van der Waals surface area contributed by atoms with Crippen molar-refractivity contribution in [2.75, 3.05) is 0 Å². The van der Waals surface area contributed by atoms with E-state index in [4.69, 9.17) is 0 Å². The minimum atomic E-state index is -3.47. The molecule has 0 saturated carbocycles. The molecule has 0 aromatic heterocycles. The largest absolute Gasteiger partial charge is 0.508 e. The van der Waals surface area contributed by atoms with Crippen LogP contribution < -0.4 is 0 Å². The Bertz CT molecular complexity index is 631. The van der Waals surface area contributed by atoms with E-state index in [1.54, 1.807) is 30.3 Å². The smallest absolute Gasteiger partial charge is 0.195 e. The first-order valence-corrected chi connectivity index (χ1v) is 6.39. The average molecular weight is 249 g/mol. The zero-order chi connectivity index (χ0) is 12.3. The van der Waals surface area contributed by atoms with Gasteiger partial charge in [0.1, 0.15) is 5.75 Å². The van der Waals surface area contributed by atoms with Crippen LogP contribution in [0.4, 0.5) is 5.69 Å². The second kappa shape index (κ2) is 4.57.